The summed E-state index contributed by atoms with van der Waals surface area (Å²) in [5, 5.41) is 43.1. The van der Waals surface area contributed by atoms with Gasteiger partial charge in [-0.05, 0) is 96.6 Å². The Balaban J connectivity index is 1.23. The number of fused-ring (bicyclic) bond motifs is 6. The fourth-order valence-corrected chi connectivity index (χ4v) is 8.76. The van der Waals surface area contributed by atoms with Crippen molar-refractivity contribution in [1.82, 2.24) is 24.1 Å². The smallest absolute Gasteiger partial charge is 0.166 e. The van der Waals surface area contributed by atoms with Crippen LogP contribution in [0.3, 0.4) is 0 Å². The first-order valence-corrected chi connectivity index (χ1v) is 20.4. The van der Waals surface area contributed by atoms with Crippen molar-refractivity contribution in [3.05, 3.63) is 198 Å². The van der Waals surface area contributed by atoms with Gasteiger partial charge in [0.05, 0.1) is 80.0 Å². The van der Waals surface area contributed by atoms with E-state index in [0.717, 1.165) is 82.8 Å². The number of aromatic nitrogens is 5. The number of para-hydroxylation sites is 1. The van der Waals surface area contributed by atoms with E-state index in [1.807, 2.05) is 146 Å². The first-order chi connectivity index (χ1) is 31.5. The maximum Gasteiger partial charge on any atom is 0.166 e. The summed E-state index contributed by atoms with van der Waals surface area (Å²) in [6.07, 6.45) is 0. The van der Waals surface area contributed by atoms with E-state index in [0.29, 0.717) is 39.7 Å². The van der Waals surface area contributed by atoms with Crippen LogP contribution in [0.4, 0.5) is 0 Å². The van der Waals surface area contributed by atoms with Crippen LogP contribution in [-0.2, 0) is 0 Å². The molecule has 3 heterocycles. The zero-order valence-corrected chi connectivity index (χ0v) is 33.8. The summed E-state index contributed by atoms with van der Waals surface area (Å²) in [5.74, 6) is 1.48. The molecule has 0 amide bonds. The lowest BCUT2D eigenvalue weighted by Gasteiger charge is -2.18. The summed E-state index contributed by atoms with van der Waals surface area (Å²) >= 11 is 0. The third kappa shape index (κ3) is 6.10. The van der Waals surface area contributed by atoms with Gasteiger partial charge in [-0.2, -0.15) is 21.0 Å². The molecular formula is C55H29N9. The molecule has 0 aliphatic carbocycles. The van der Waals surface area contributed by atoms with Crippen molar-refractivity contribution in [3.8, 4) is 80.9 Å². The number of benzene rings is 8. The van der Waals surface area contributed by atoms with Crippen LogP contribution in [-0.4, -0.2) is 24.1 Å². The van der Waals surface area contributed by atoms with E-state index in [4.69, 9.17) is 15.0 Å². The lowest BCUT2D eigenvalue weighted by molar-refractivity contribution is 1.06. The molecule has 3 aromatic heterocycles. The SMILES string of the molecule is N#Cc1ccc2c(c1)c1cc(C#N)ccc1n2-c1ccccc1-c1ccc(-n2c3ccc(C#N)cc3c3cc(C#N)ccc32)c(-c2nc(-c3ccccc3)nc(-c3ccccc3)n2)c1. The Morgan fingerprint density at radius 1 is 0.312 bits per heavy atom. The topological polar surface area (TPSA) is 144 Å². The van der Waals surface area contributed by atoms with Gasteiger partial charge in [-0.15, -0.1) is 0 Å². The van der Waals surface area contributed by atoms with Gasteiger partial charge < -0.3 is 9.13 Å². The second kappa shape index (κ2) is 15.1. The van der Waals surface area contributed by atoms with E-state index in [9.17, 15) is 21.0 Å². The van der Waals surface area contributed by atoms with Gasteiger partial charge in [-0.25, -0.2) is 15.0 Å². The molecule has 11 aromatic rings. The Kier molecular flexibility index (Phi) is 8.81. The molecule has 64 heavy (non-hydrogen) atoms. The van der Waals surface area contributed by atoms with Gasteiger partial charge in [0.2, 0.25) is 0 Å². The molecule has 0 fully saturated rings. The van der Waals surface area contributed by atoms with E-state index in [-0.39, 0.29) is 0 Å². The normalized spacial score (nSPS) is 11.1. The number of nitriles is 4. The summed E-state index contributed by atoms with van der Waals surface area (Å²) in [6, 6.07) is 65.9. The molecule has 0 N–H and O–H groups in total. The van der Waals surface area contributed by atoms with Crippen LogP contribution < -0.4 is 0 Å². The first kappa shape index (κ1) is 37.3. The van der Waals surface area contributed by atoms with Crippen LogP contribution in [0, 0.1) is 45.3 Å². The Morgan fingerprint density at radius 3 is 1.11 bits per heavy atom. The molecule has 0 saturated carbocycles. The van der Waals surface area contributed by atoms with Crippen LogP contribution in [0.25, 0.3) is 100 Å². The minimum Gasteiger partial charge on any atom is -0.309 e. The highest BCUT2D eigenvalue weighted by molar-refractivity contribution is 6.12. The predicted molar refractivity (Wildman–Crippen MR) is 249 cm³/mol. The predicted octanol–water partition coefficient (Wildman–Crippen LogP) is 12.2. The third-order valence-electron chi connectivity index (χ3n) is 11.7. The van der Waals surface area contributed by atoms with Crippen LogP contribution in [0.5, 0.6) is 0 Å². The van der Waals surface area contributed by atoms with Gasteiger partial charge >= 0.3 is 0 Å². The summed E-state index contributed by atoms with van der Waals surface area (Å²) in [7, 11) is 0. The number of hydrogen-bond acceptors (Lipinski definition) is 7. The minimum absolute atomic E-state index is 0.448. The molecule has 0 bridgehead atoms. The molecule has 8 aromatic carbocycles. The average molecular weight is 816 g/mol. The highest BCUT2D eigenvalue weighted by Gasteiger charge is 2.23. The van der Waals surface area contributed by atoms with Crippen molar-refractivity contribution in [3.63, 3.8) is 0 Å². The number of nitrogens with zero attached hydrogens (tertiary/aromatic N) is 9. The Hall–Kier alpha value is -9.67. The van der Waals surface area contributed by atoms with Gasteiger partial charge in [0.1, 0.15) is 0 Å². The van der Waals surface area contributed by atoms with Crippen LogP contribution in [0.1, 0.15) is 22.3 Å². The lowest BCUT2D eigenvalue weighted by atomic mass is 9.99. The molecule has 0 spiro atoms. The fraction of sp³-hybridized carbons (Fsp3) is 0. The Bertz CT molecular complexity index is 3690. The van der Waals surface area contributed by atoms with Crippen molar-refractivity contribution in [2.75, 3.05) is 0 Å². The van der Waals surface area contributed by atoms with E-state index in [1.54, 1.807) is 0 Å². The first-order valence-electron chi connectivity index (χ1n) is 20.4. The second-order valence-electron chi connectivity index (χ2n) is 15.3. The standard InChI is InChI=1S/C55H29N9/c56-30-34-15-20-48-42(25-34)43-26-35(31-57)16-21-49(43)63(48)47-14-8-7-13-41(47)40-19-24-52(64-50-22-17-36(32-58)27-44(50)45-28-37(33-59)18-23-51(45)64)46(29-40)55-61-53(38-9-3-1-4-10-38)60-54(62-55)39-11-5-2-6-12-39/h1-29H. The largest absolute Gasteiger partial charge is 0.309 e. The lowest BCUT2D eigenvalue weighted by Crippen LogP contribution is -2.04. The summed E-state index contributed by atoms with van der Waals surface area (Å²) in [4.78, 5) is 15.5. The van der Waals surface area contributed by atoms with Crippen molar-refractivity contribution in [1.29, 1.82) is 21.0 Å². The second-order valence-corrected chi connectivity index (χ2v) is 15.3. The van der Waals surface area contributed by atoms with Crippen LogP contribution in [0.15, 0.2) is 176 Å². The van der Waals surface area contributed by atoms with Gasteiger partial charge in [0, 0.05) is 43.8 Å². The van der Waals surface area contributed by atoms with Crippen LogP contribution in [0.2, 0.25) is 0 Å². The minimum atomic E-state index is 0.448. The Labute approximate surface area is 366 Å². The van der Waals surface area contributed by atoms with Crippen molar-refractivity contribution in [2.24, 2.45) is 0 Å². The van der Waals surface area contributed by atoms with Gasteiger partial charge in [-0.3, -0.25) is 0 Å². The molecule has 9 nitrogen and oxygen atoms in total. The Morgan fingerprint density at radius 2 is 0.688 bits per heavy atom. The maximum absolute atomic E-state index is 9.96. The van der Waals surface area contributed by atoms with E-state index in [2.05, 4.69) is 63.7 Å². The summed E-state index contributed by atoms with van der Waals surface area (Å²) in [6.45, 7) is 0. The van der Waals surface area contributed by atoms with E-state index in [1.165, 1.54) is 0 Å². The summed E-state index contributed by atoms with van der Waals surface area (Å²) in [5.41, 5.74) is 11.4. The zero-order chi connectivity index (χ0) is 43.3. The average Bonchev–Trinajstić information content (AvgIpc) is 3.87. The quantitative estimate of drug-likeness (QED) is 0.162. The molecule has 0 radical (unpaired) electrons. The molecule has 294 valence electrons. The van der Waals surface area contributed by atoms with Gasteiger partial charge in [0.15, 0.2) is 17.5 Å². The van der Waals surface area contributed by atoms with Crippen molar-refractivity contribution in [2.45, 2.75) is 0 Å². The molecule has 11 rings (SSSR count). The number of rotatable bonds is 6. The summed E-state index contributed by atoms with van der Waals surface area (Å²) < 4.78 is 4.34. The highest BCUT2D eigenvalue weighted by atomic mass is 15.1. The van der Waals surface area contributed by atoms with Crippen LogP contribution >= 0.6 is 0 Å². The fourth-order valence-electron chi connectivity index (χ4n) is 8.76. The third-order valence-corrected chi connectivity index (χ3v) is 11.7. The van der Waals surface area contributed by atoms with Crippen molar-refractivity contribution >= 4 is 43.6 Å². The number of hydrogen-bond donors (Lipinski definition) is 0. The molecule has 9 heteroatoms. The van der Waals surface area contributed by atoms with E-state index >= 15 is 0 Å². The maximum atomic E-state index is 9.96. The van der Waals surface area contributed by atoms with E-state index < -0.39 is 0 Å². The monoisotopic (exact) mass is 815 g/mol. The molecule has 0 aliphatic rings. The molecule has 0 atom stereocenters. The van der Waals surface area contributed by atoms with Gasteiger partial charge in [-0.1, -0.05) is 84.9 Å². The molecule has 0 saturated heterocycles. The molecule has 0 unspecified atom stereocenters. The highest BCUT2D eigenvalue weighted by Crippen LogP contribution is 2.41. The van der Waals surface area contributed by atoms with Crippen molar-refractivity contribution < 1.29 is 0 Å². The zero-order valence-electron chi connectivity index (χ0n) is 33.8. The van der Waals surface area contributed by atoms with Gasteiger partial charge in [0.25, 0.3) is 0 Å². The molecular weight excluding hydrogens is 787 g/mol. The molecule has 0 aliphatic heterocycles.